The lowest BCUT2D eigenvalue weighted by molar-refractivity contribution is -0.123. The Kier molecular flexibility index (Phi) is 5.83. The highest BCUT2D eigenvalue weighted by Gasteiger charge is 2.06. The van der Waals surface area contributed by atoms with Gasteiger partial charge in [-0.1, -0.05) is 54.6 Å². The first-order valence-electron chi connectivity index (χ1n) is 8.42. The first-order valence-corrected chi connectivity index (χ1v) is 8.42. The Labute approximate surface area is 152 Å². The van der Waals surface area contributed by atoms with Crippen LogP contribution in [0.1, 0.15) is 12.5 Å². The number of hydrogen-bond acceptors (Lipinski definition) is 4. The molecule has 0 heterocycles. The predicted molar refractivity (Wildman–Crippen MR) is 103 cm³/mol. The van der Waals surface area contributed by atoms with Crippen LogP contribution in [0.25, 0.3) is 10.8 Å². The van der Waals surface area contributed by atoms with Gasteiger partial charge in [0, 0.05) is 5.56 Å². The molecule has 5 heteroatoms. The molecule has 0 aliphatic heterocycles. The number of nitrogens with zero attached hydrogens (tertiary/aromatic N) is 1. The minimum absolute atomic E-state index is 0.142. The molecule has 0 fully saturated rings. The quantitative estimate of drug-likeness (QED) is 0.522. The number of amides is 1. The highest BCUT2D eigenvalue weighted by Crippen LogP contribution is 2.26. The van der Waals surface area contributed by atoms with Crippen molar-refractivity contribution in [2.75, 3.05) is 13.2 Å². The van der Waals surface area contributed by atoms with Gasteiger partial charge in [0.15, 0.2) is 18.1 Å². The fourth-order valence-corrected chi connectivity index (χ4v) is 2.56. The molecule has 0 aliphatic rings. The van der Waals surface area contributed by atoms with Crippen molar-refractivity contribution in [2.45, 2.75) is 6.92 Å². The Morgan fingerprint density at radius 1 is 0.962 bits per heavy atom. The van der Waals surface area contributed by atoms with Gasteiger partial charge >= 0.3 is 0 Å². The molecule has 0 bridgehead atoms. The van der Waals surface area contributed by atoms with Crippen molar-refractivity contribution in [1.29, 1.82) is 0 Å². The van der Waals surface area contributed by atoms with Crippen molar-refractivity contribution < 1.29 is 14.3 Å². The molecule has 26 heavy (non-hydrogen) atoms. The summed E-state index contributed by atoms with van der Waals surface area (Å²) in [6.07, 6.45) is 1.63. The molecule has 132 valence electrons. The summed E-state index contributed by atoms with van der Waals surface area (Å²) in [5.74, 6) is 0.803. The molecule has 0 aromatic heterocycles. The summed E-state index contributed by atoms with van der Waals surface area (Å²) in [6.45, 7) is 2.28. The number of hydrazone groups is 1. The normalized spacial score (nSPS) is 10.8. The first-order chi connectivity index (χ1) is 12.8. The summed E-state index contributed by atoms with van der Waals surface area (Å²) < 4.78 is 11.0. The maximum atomic E-state index is 11.9. The van der Waals surface area contributed by atoms with E-state index < -0.39 is 0 Å². The number of hydrogen-bond donors (Lipinski definition) is 1. The third-order valence-electron chi connectivity index (χ3n) is 3.72. The van der Waals surface area contributed by atoms with Crippen molar-refractivity contribution in [2.24, 2.45) is 5.10 Å². The van der Waals surface area contributed by atoms with Gasteiger partial charge in [0.1, 0.15) is 0 Å². The molecule has 1 N–H and O–H groups in total. The van der Waals surface area contributed by atoms with Crippen LogP contribution >= 0.6 is 0 Å². The smallest absolute Gasteiger partial charge is 0.277 e. The largest absolute Gasteiger partial charge is 0.490 e. The van der Waals surface area contributed by atoms with Crippen molar-refractivity contribution in [3.8, 4) is 11.5 Å². The molecule has 0 spiro atoms. The zero-order valence-electron chi connectivity index (χ0n) is 14.5. The minimum Gasteiger partial charge on any atom is -0.490 e. The summed E-state index contributed by atoms with van der Waals surface area (Å²) >= 11 is 0. The first kappa shape index (κ1) is 17.5. The maximum Gasteiger partial charge on any atom is 0.277 e. The Morgan fingerprint density at radius 2 is 1.65 bits per heavy atom. The van der Waals surface area contributed by atoms with Gasteiger partial charge in [-0.3, -0.25) is 4.79 Å². The van der Waals surface area contributed by atoms with Crippen LogP contribution in [-0.2, 0) is 4.79 Å². The third-order valence-corrected chi connectivity index (χ3v) is 3.72. The van der Waals surface area contributed by atoms with E-state index in [9.17, 15) is 4.79 Å². The summed E-state index contributed by atoms with van der Waals surface area (Å²) in [5, 5.41) is 6.23. The Balaban J connectivity index is 1.58. The molecular weight excluding hydrogens is 328 g/mol. The van der Waals surface area contributed by atoms with Gasteiger partial charge in [-0.2, -0.15) is 5.10 Å². The van der Waals surface area contributed by atoms with Gasteiger partial charge in [0.2, 0.25) is 0 Å². The van der Waals surface area contributed by atoms with Crippen LogP contribution in [0.5, 0.6) is 11.5 Å². The number of fused-ring (bicyclic) bond motifs is 1. The number of nitrogens with one attached hydrogen (secondary N) is 1. The SMILES string of the molecule is CCOc1ccccc1OCC(=O)NN=Cc1cccc2ccccc12. The van der Waals surface area contributed by atoms with Gasteiger partial charge in [0.05, 0.1) is 12.8 Å². The number of benzene rings is 3. The maximum absolute atomic E-state index is 11.9. The fraction of sp³-hybridized carbons (Fsp3) is 0.143. The zero-order valence-corrected chi connectivity index (χ0v) is 14.5. The lowest BCUT2D eigenvalue weighted by Crippen LogP contribution is -2.24. The van der Waals surface area contributed by atoms with Crippen LogP contribution < -0.4 is 14.9 Å². The number of para-hydroxylation sites is 2. The summed E-state index contributed by atoms with van der Waals surface area (Å²) in [5.41, 5.74) is 3.42. The van der Waals surface area contributed by atoms with Crippen molar-refractivity contribution in [1.82, 2.24) is 5.43 Å². The van der Waals surface area contributed by atoms with Crippen LogP contribution in [0.15, 0.2) is 71.8 Å². The standard InChI is InChI=1S/C21H20N2O3/c1-2-25-19-12-5-6-13-20(19)26-15-21(24)23-22-14-17-10-7-9-16-8-3-4-11-18(16)17/h3-14H,2,15H2,1H3,(H,23,24). The molecule has 0 aliphatic carbocycles. The van der Waals surface area contributed by atoms with E-state index in [1.165, 1.54) is 0 Å². The number of ether oxygens (including phenoxy) is 2. The predicted octanol–water partition coefficient (Wildman–Crippen LogP) is 3.77. The topological polar surface area (TPSA) is 59.9 Å². The lowest BCUT2D eigenvalue weighted by Gasteiger charge is -2.10. The van der Waals surface area contributed by atoms with E-state index in [4.69, 9.17) is 9.47 Å². The van der Waals surface area contributed by atoms with E-state index >= 15 is 0 Å². The number of carbonyl (C=O) groups is 1. The summed E-state index contributed by atoms with van der Waals surface area (Å²) in [7, 11) is 0. The molecule has 0 saturated heterocycles. The van der Waals surface area contributed by atoms with Crippen molar-refractivity contribution >= 4 is 22.9 Å². The molecule has 1 amide bonds. The van der Waals surface area contributed by atoms with Crippen molar-refractivity contribution in [3.63, 3.8) is 0 Å². The van der Waals surface area contributed by atoms with E-state index in [1.54, 1.807) is 18.3 Å². The molecule has 5 nitrogen and oxygen atoms in total. The van der Waals surface area contributed by atoms with E-state index in [0.717, 1.165) is 16.3 Å². The van der Waals surface area contributed by atoms with E-state index in [0.29, 0.717) is 18.1 Å². The average Bonchev–Trinajstić information content (AvgIpc) is 2.68. The summed E-state index contributed by atoms with van der Waals surface area (Å²) in [4.78, 5) is 11.9. The number of carbonyl (C=O) groups excluding carboxylic acids is 1. The summed E-state index contributed by atoms with van der Waals surface area (Å²) in [6, 6.07) is 21.2. The molecule has 0 atom stereocenters. The Hall–Kier alpha value is -3.34. The minimum atomic E-state index is -0.340. The molecule has 3 aromatic carbocycles. The average molecular weight is 348 g/mol. The molecule has 0 saturated carbocycles. The molecule has 0 unspecified atom stereocenters. The van der Waals surface area contributed by atoms with Crippen LogP contribution in [0.2, 0.25) is 0 Å². The highest BCUT2D eigenvalue weighted by atomic mass is 16.5. The lowest BCUT2D eigenvalue weighted by atomic mass is 10.1. The van der Waals surface area contributed by atoms with E-state index in [2.05, 4.69) is 10.5 Å². The van der Waals surface area contributed by atoms with Gasteiger partial charge in [-0.05, 0) is 29.8 Å². The zero-order chi connectivity index (χ0) is 18.2. The Morgan fingerprint density at radius 3 is 2.46 bits per heavy atom. The van der Waals surface area contributed by atoms with E-state index in [-0.39, 0.29) is 12.5 Å². The van der Waals surface area contributed by atoms with Gasteiger partial charge in [-0.25, -0.2) is 5.43 Å². The van der Waals surface area contributed by atoms with Gasteiger partial charge in [-0.15, -0.1) is 0 Å². The van der Waals surface area contributed by atoms with E-state index in [1.807, 2.05) is 61.5 Å². The second-order valence-corrected chi connectivity index (χ2v) is 5.53. The van der Waals surface area contributed by atoms with Gasteiger partial charge in [0.25, 0.3) is 5.91 Å². The fourth-order valence-electron chi connectivity index (χ4n) is 2.56. The van der Waals surface area contributed by atoms with Crippen LogP contribution in [0, 0.1) is 0 Å². The highest BCUT2D eigenvalue weighted by molar-refractivity contribution is 5.99. The second-order valence-electron chi connectivity index (χ2n) is 5.53. The molecule has 3 rings (SSSR count). The van der Waals surface area contributed by atoms with Crippen LogP contribution in [0.4, 0.5) is 0 Å². The van der Waals surface area contributed by atoms with Crippen LogP contribution in [-0.4, -0.2) is 25.3 Å². The second kappa shape index (κ2) is 8.67. The molecule has 0 radical (unpaired) electrons. The van der Waals surface area contributed by atoms with Crippen LogP contribution in [0.3, 0.4) is 0 Å². The van der Waals surface area contributed by atoms with Crippen molar-refractivity contribution in [3.05, 3.63) is 72.3 Å². The monoisotopic (exact) mass is 348 g/mol. The molecule has 3 aromatic rings. The Bertz CT molecular complexity index is 917. The van der Waals surface area contributed by atoms with Gasteiger partial charge < -0.3 is 9.47 Å². The molecular formula is C21H20N2O3. The number of rotatable bonds is 7. The third kappa shape index (κ3) is 4.39.